The van der Waals surface area contributed by atoms with E-state index < -0.39 is 9.05 Å². The van der Waals surface area contributed by atoms with Crippen LogP contribution in [0.25, 0.3) is 0 Å². The van der Waals surface area contributed by atoms with Gasteiger partial charge in [0.1, 0.15) is 5.75 Å². The zero-order valence-electron chi connectivity index (χ0n) is 10.4. The van der Waals surface area contributed by atoms with Crippen molar-refractivity contribution in [3.8, 4) is 5.75 Å². The fourth-order valence-electron chi connectivity index (χ4n) is 2.48. The maximum absolute atomic E-state index is 11.2. The van der Waals surface area contributed by atoms with E-state index >= 15 is 0 Å². The van der Waals surface area contributed by atoms with Crippen molar-refractivity contribution in [3.05, 3.63) is 28.8 Å². The minimum atomic E-state index is -3.55. The predicted octanol–water partition coefficient (Wildman–Crippen LogP) is 3.03. The van der Waals surface area contributed by atoms with E-state index in [0.29, 0.717) is 11.3 Å². The highest BCUT2D eigenvalue weighted by molar-refractivity contribution is 8.13. The zero-order chi connectivity index (χ0) is 13.2. The molecule has 18 heavy (non-hydrogen) atoms. The molecule has 0 atom stereocenters. The zero-order valence-corrected chi connectivity index (χ0v) is 12.0. The van der Waals surface area contributed by atoms with Gasteiger partial charge in [0.25, 0.3) is 0 Å². The van der Waals surface area contributed by atoms with Crippen LogP contribution < -0.4 is 4.74 Å². The van der Waals surface area contributed by atoms with Gasteiger partial charge in [-0.2, -0.15) is 0 Å². The minimum absolute atomic E-state index is 0.176. The van der Waals surface area contributed by atoms with E-state index in [9.17, 15) is 8.42 Å². The van der Waals surface area contributed by atoms with Gasteiger partial charge in [-0.15, -0.1) is 0 Å². The van der Waals surface area contributed by atoms with Crippen molar-refractivity contribution in [2.24, 2.45) is 0 Å². The highest BCUT2D eigenvalue weighted by Gasteiger charge is 2.16. The number of hydrogen-bond donors (Lipinski definition) is 0. The van der Waals surface area contributed by atoms with Crippen LogP contribution in [0.2, 0.25) is 0 Å². The number of hydrogen-bond acceptors (Lipinski definition) is 3. The molecule has 0 aliphatic heterocycles. The lowest BCUT2D eigenvalue weighted by molar-refractivity contribution is 0.410. The van der Waals surface area contributed by atoms with Crippen LogP contribution in [0.5, 0.6) is 5.75 Å². The van der Waals surface area contributed by atoms with Crippen LogP contribution in [0.1, 0.15) is 36.0 Å². The summed E-state index contributed by atoms with van der Waals surface area (Å²) < 4.78 is 27.7. The van der Waals surface area contributed by atoms with Crippen molar-refractivity contribution >= 4 is 19.7 Å². The molecule has 0 spiro atoms. The van der Waals surface area contributed by atoms with Gasteiger partial charge in [0.2, 0.25) is 9.05 Å². The highest BCUT2D eigenvalue weighted by atomic mass is 35.7. The lowest BCUT2D eigenvalue weighted by Crippen LogP contribution is -2.02. The summed E-state index contributed by atoms with van der Waals surface area (Å²) in [4.78, 5) is 0. The van der Waals surface area contributed by atoms with Crippen LogP contribution in [0.15, 0.2) is 12.1 Å². The Morgan fingerprint density at radius 2 is 1.78 bits per heavy atom. The fraction of sp³-hybridized carbons (Fsp3) is 0.538. The molecule has 0 unspecified atom stereocenters. The van der Waals surface area contributed by atoms with Crippen molar-refractivity contribution in [2.45, 2.75) is 37.9 Å². The van der Waals surface area contributed by atoms with Gasteiger partial charge in [0.05, 0.1) is 12.9 Å². The van der Waals surface area contributed by atoms with Crippen LogP contribution in [-0.2, 0) is 27.6 Å². The van der Waals surface area contributed by atoms with Crippen molar-refractivity contribution in [3.63, 3.8) is 0 Å². The van der Waals surface area contributed by atoms with Crippen LogP contribution in [-0.4, -0.2) is 15.5 Å². The molecule has 0 bridgehead atoms. The van der Waals surface area contributed by atoms with Gasteiger partial charge in [-0.25, -0.2) is 8.42 Å². The molecular formula is C13H17ClO3S. The molecule has 0 aromatic heterocycles. The van der Waals surface area contributed by atoms with Crippen molar-refractivity contribution in [1.82, 2.24) is 0 Å². The maximum atomic E-state index is 11.2. The van der Waals surface area contributed by atoms with Crippen molar-refractivity contribution in [2.75, 3.05) is 7.11 Å². The first-order chi connectivity index (χ1) is 8.49. The Labute approximate surface area is 113 Å². The number of fused-ring (bicyclic) bond motifs is 1. The van der Waals surface area contributed by atoms with Crippen molar-refractivity contribution in [1.29, 1.82) is 0 Å². The summed E-state index contributed by atoms with van der Waals surface area (Å²) in [5, 5.41) is 0. The van der Waals surface area contributed by atoms with E-state index in [1.807, 2.05) is 12.1 Å². The van der Waals surface area contributed by atoms with E-state index in [0.717, 1.165) is 19.3 Å². The lowest BCUT2D eigenvalue weighted by Gasteiger charge is -2.13. The van der Waals surface area contributed by atoms with Gasteiger partial charge in [-0.05, 0) is 42.9 Å². The van der Waals surface area contributed by atoms with E-state index in [2.05, 4.69) is 0 Å². The fourth-order valence-corrected chi connectivity index (χ4v) is 3.43. The van der Waals surface area contributed by atoms with Gasteiger partial charge in [-0.1, -0.05) is 12.5 Å². The van der Waals surface area contributed by atoms with Gasteiger partial charge in [-0.3, -0.25) is 0 Å². The van der Waals surface area contributed by atoms with Gasteiger partial charge in [0.15, 0.2) is 0 Å². The minimum Gasteiger partial charge on any atom is -0.496 e. The highest BCUT2D eigenvalue weighted by Crippen LogP contribution is 2.30. The molecule has 100 valence electrons. The second-order valence-corrected chi connectivity index (χ2v) is 7.45. The Morgan fingerprint density at radius 3 is 2.33 bits per heavy atom. The molecule has 0 N–H and O–H groups in total. The molecule has 0 heterocycles. The molecule has 1 aliphatic rings. The molecule has 1 aliphatic carbocycles. The molecule has 0 fully saturated rings. The summed E-state index contributed by atoms with van der Waals surface area (Å²) in [6.07, 6.45) is 5.62. The number of aryl methyl sites for hydroxylation is 2. The quantitative estimate of drug-likeness (QED) is 0.634. The smallest absolute Gasteiger partial charge is 0.236 e. The third-order valence-corrected chi connectivity index (χ3v) is 4.31. The SMILES string of the molecule is COc1cc2c(cc1CS(=O)(=O)Cl)CCCCC2. The van der Waals surface area contributed by atoms with Gasteiger partial charge < -0.3 is 4.74 Å². The predicted molar refractivity (Wildman–Crippen MR) is 72.7 cm³/mol. The number of benzene rings is 1. The number of methoxy groups -OCH3 is 1. The number of rotatable bonds is 3. The van der Waals surface area contributed by atoms with E-state index in [-0.39, 0.29) is 5.75 Å². The summed E-state index contributed by atoms with van der Waals surface area (Å²) in [6, 6.07) is 3.91. The summed E-state index contributed by atoms with van der Waals surface area (Å²) in [7, 11) is 3.33. The second-order valence-electron chi connectivity index (χ2n) is 4.68. The average Bonchev–Trinajstić information content (AvgIpc) is 2.50. The van der Waals surface area contributed by atoms with Crippen LogP contribution >= 0.6 is 10.7 Å². The molecule has 0 radical (unpaired) electrons. The Balaban J connectivity index is 2.43. The molecule has 1 aromatic carbocycles. The van der Waals surface area contributed by atoms with Crippen LogP contribution in [0, 0.1) is 0 Å². The third kappa shape index (κ3) is 3.39. The Bertz CT molecular complexity index is 537. The Morgan fingerprint density at radius 1 is 1.17 bits per heavy atom. The Kier molecular flexibility index (Phi) is 4.17. The topological polar surface area (TPSA) is 43.4 Å². The molecule has 0 amide bonds. The van der Waals surface area contributed by atoms with E-state index in [1.165, 1.54) is 24.0 Å². The summed E-state index contributed by atoms with van der Waals surface area (Å²) in [6.45, 7) is 0. The molecule has 1 aromatic rings. The first-order valence-corrected chi connectivity index (χ1v) is 8.58. The molecule has 3 nitrogen and oxygen atoms in total. The third-order valence-electron chi connectivity index (χ3n) is 3.32. The molecule has 0 saturated carbocycles. The van der Waals surface area contributed by atoms with Gasteiger partial charge >= 0.3 is 0 Å². The van der Waals surface area contributed by atoms with Crippen LogP contribution in [0.3, 0.4) is 0 Å². The number of halogens is 1. The normalized spacial score (nSPS) is 15.9. The second kappa shape index (κ2) is 5.49. The van der Waals surface area contributed by atoms with Gasteiger partial charge in [0, 0.05) is 16.2 Å². The lowest BCUT2D eigenvalue weighted by atomic mass is 10.00. The average molecular weight is 289 g/mol. The molecular weight excluding hydrogens is 272 g/mol. The standard InChI is InChI=1S/C13H17ClO3S/c1-17-13-8-11-6-4-2-3-5-10(11)7-12(13)9-18(14,15)16/h7-8H,2-6,9H2,1H3. The van der Waals surface area contributed by atoms with E-state index in [1.54, 1.807) is 7.11 Å². The van der Waals surface area contributed by atoms with Crippen LogP contribution in [0.4, 0.5) is 0 Å². The number of ether oxygens (including phenoxy) is 1. The molecule has 0 saturated heterocycles. The first-order valence-electron chi connectivity index (χ1n) is 6.10. The molecule has 2 rings (SSSR count). The van der Waals surface area contributed by atoms with Crippen molar-refractivity contribution < 1.29 is 13.2 Å². The largest absolute Gasteiger partial charge is 0.496 e. The summed E-state index contributed by atoms with van der Waals surface area (Å²) in [5.74, 6) is 0.449. The monoisotopic (exact) mass is 288 g/mol. The summed E-state index contributed by atoms with van der Waals surface area (Å²) in [5.41, 5.74) is 3.18. The maximum Gasteiger partial charge on any atom is 0.236 e. The van der Waals surface area contributed by atoms with E-state index in [4.69, 9.17) is 15.4 Å². The summed E-state index contributed by atoms with van der Waals surface area (Å²) >= 11 is 0. The Hall–Kier alpha value is -0.740. The molecule has 5 heteroatoms. The first kappa shape index (κ1) is 13.7.